The highest BCUT2D eigenvalue weighted by atomic mass is 79.9. The molecule has 1 N–H and O–H groups in total. The number of nitrogens with one attached hydrogen (secondary N) is 1. The first-order valence-electron chi connectivity index (χ1n) is 9.02. The normalized spacial score (nSPS) is 33.1. The number of para-hydroxylation sites is 1. The van der Waals surface area contributed by atoms with Gasteiger partial charge in [-0.3, -0.25) is 24.1 Å². The number of benzene rings is 1. The summed E-state index contributed by atoms with van der Waals surface area (Å²) in [6, 6.07) is 8.78. The van der Waals surface area contributed by atoms with Crippen LogP contribution >= 0.6 is 31.9 Å². The highest BCUT2D eigenvalue weighted by Gasteiger charge is 2.66. The molecule has 1 aromatic carbocycles. The third kappa shape index (κ3) is 3.28. The van der Waals surface area contributed by atoms with Crippen molar-refractivity contribution in [2.45, 2.75) is 16.1 Å². The molecule has 2 aliphatic carbocycles. The van der Waals surface area contributed by atoms with Crippen molar-refractivity contribution in [1.82, 2.24) is 4.90 Å². The lowest BCUT2D eigenvalue weighted by Gasteiger charge is -2.28. The lowest BCUT2D eigenvalue weighted by molar-refractivity contribution is -0.154. The summed E-state index contributed by atoms with van der Waals surface area (Å²) in [6.45, 7) is -0.933. The predicted octanol–water partition coefficient (Wildman–Crippen LogP) is 1.95. The first-order valence-corrected chi connectivity index (χ1v) is 10.9. The van der Waals surface area contributed by atoms with Gasteiger partial charge in [0.2, 0.25) is 11.8 Å². The van der Waals surface area contributed by atoms with Crippen LogP contribution in [0.1, 0.15) is 6.42 Å². The largest absolute Gasteiger partial charge is 0.454 e. The molecular formula is C19H18Br2N2O5. The van der Waals surface area contributed by atoms with Crippen molar-refractivity contribution in [2.24, 2.45) is 23.7 Å². The zero-order chi connectivity index (χ0) is 20.0. The average Bonchev–Trinajstić information content (AvgIpc) is 3.28. The molecule has 0 unspecified atom stereocenters. The van der Waals surface area contributed by atoms with Gasteiger partial charge in [0.25, 0.3) is 5.91 Å². The SMILES string of the molecule is O=C(COC(=O)CN1C(=O)[C@@H]2[C@H]3C[C@@H]([C@H](Br)[C@@H]3Br)[C@@H]2C1=O)Nc1ccccc1. The van der Waals surface area contributed by atoms with Crippen LogP contribution in [0.4, 0.5) is 5.69 Å². The number of likely N-dealkylation sites (tertiary alicyclic amines) is 1. The number of hydrogen-bond acceptors (Lipinski definition) is 5. The monoisotopic (exact) mass is 512 g/mol. The van der Waals surface area contributed by atoms with Crippen molar-refractivity contribution in [3.05, 3.63) is 30.3 Å². The summed E-state index contributed by atoms with van der Waals surface area (Å²) in [5, 5.41) is 2.60. The molecule has 28 heavy (non-hydrogen) atoms. The number of hydrogen-bond donors (Lipinski definition) is 1. The standard InChI is InChI=1S/C19H18Br2N2O5/c20-16-10-6-11(17(16)21)15-14(10)18(26)23(19(15)27)7-13(25)28-8-12(24)22-9-4-2-1-3-5-9/h1-5,10-11,14-17H,6-8H2,(H,22,24)/t10-,11-,14-,15+,16-,17+/m1/s1. The van der Waals surface area contributed by atoms with Crippen LogP contribution in [0.3, 0.4) is 0 Å². The van der Waals surface area contributed by atoms with Gasteiger partial charge in [0, 0.05) is 15.3 Å². The van der Waals surface area contributed by atoms with E-state index in [0.29, 0.717) is 5.69 Å². The maximum atomic E-state index is 12.7. The fourth-order valence-corrected chi connectivity index (χ4v) is 6.48. The second-order valence-electron chi connectivity index (χ2n) is 7.34. The molecule has 3 amide bonds. The van der Waals surface area contributed by atoms with Crippen LogP contribution in [0.2, 0.25) is 0 Å². The van der Waals surface area contributed by atoms with Crippen LogP contribution < -0.4 is 5.32 Å². The number of rotatable bonds is 5. The maximum absolute atomic E-state index is 12.7. The van der Waals surface area contributed by atoms with E-state index in [1.165, 1.54) is 0 Å². The van der Waals surface area contributed by atoms with Crippen LogP contribution in [0, 0.1) is 23.7 Å². The van der Waals surface area contributed by atoms with E-state index < -0.39 is 25.0 Å². The third-order valence-corrected chi connectivity index (χ3v) is 8.99. The summed E-state index contributed by atoms with van der Waals surface area (Å²) in [7, 11) is 0. The Morgan fingerprint density at radius 2 is 1.61 bits per heavy atom. The van der Waals surface area contributed by atoms with Gasteiger partial charge in [-0.1, -0.05) is 50.1 Å². The van der Waals surface area contributed by atoms with E-state index in [-0.39, 0.29) is 45.1 Å². The van der Waals surface area contributed by atoms with Gasteiger partial charge >= 0.3 is 5.97 Å². The van der Waals surface area contributed by atoms with Gasteiger partial charge in [0.1, 0.15) is 6.54 Å². The number of imide groups is 1. The number of anilines is 1. The molecule has 3 fully saturated rings. The van der Waals surface area contributed by atoms with E-state index in [2.05, 4.69) is 37.2 Å². The number of fused-ring (bicyclic) bond motifs is 5. The molecule has 1 aliphatic heterocycles. The molecule has 1 heterocycles. The lowest BCUT2D eigenvalue weighted by Crippen LogP contribution is -2.38. The number of amides is 3. The fourth-order valence-electron chi connectivity index (χ4n) is 4.61. The van der Waals surface area contributed by atoms with Crippen molar-refractivity contribution < 1.29 is 23.9 Å². The molecule has 0 radical (unpaired) electrons. The molecular weight excluding hydrogens is 496 g/mol. The van der Waals surface area contributed by atoms with Gasteiger partial charge < -0.3 is 10.1 Å². The predicted molar refractivity (Wildman–Crippen MR) is 107 cm³/mol. The minimum absolute atomic E-state index is 0.0912. The number of ether oxygens (including phenoxy) is 1. The Kier molecular flexibility index (Phi) is 5.30. The second-order valence-corrected chi connectivity index (χ2v) is 9.46. The summed E-state index contributed by atoms with van der Waals surface area (Å²) in [4.78, 5) is 50.7. The van der Waals surface area contributed by atoms with E-state index in [4.69, 9.17) is 4.74 Å². The van der Waals surface area contributed by atoms with Gasteiger partial charge in [0.05, 0.1) is 11.8 Å². The molecule has 0 spiro atoms. The maximum Gasteiger partial charge on any atom is 0.326 e. The molecule has 2 saturated carbocycles. The molecule has 6 atom stereocenters. The summed E-state index contributed by atoms with van der Waals surface area (Å²) >= 11 is 7.24. The quantitative estimate of drug-likeness (QED) is 0.369. The molecule has 3 aliphatic rings. The van der Waals surface area contributed by atoms with Crippen LogP contribution in [0.5, 0.6) is 0 Å². The fraction of sp³-hybridized carbons (Fsp3) is 0.474. The Bertz CT molecular complexity index is 801. The minimum Gasteiger partial charge on any atom is -0.454 e. The Morgan fingerprint density at radius 1 is 1.04 bits per heavy atom. The number of carbonyl (C=O) groups excluding carboxylic acids is 4. The number of esters is 1. The first kappa shape index (κ1) is 19.6. The first-order chi connectivity index (χ1) is 13.4. The summed E-state index contributed by atoms with van der Waals surface area (Å²) < 4.78 is 4.95. The Morgan fingerprint density at radius 3 is 2.18 bits per heavy atom. The van der Waals surface area contributed by atoms with E-state index in [1.807, 2.05) is 6.07 Å². The lowest BCUT2D eigenvalue weighted by atomic mass is 9.81. The topological polar surface area (TPSA) is 92.8 Å². The van der Waals surface area contributed by atoms with Crippen LogP contribution in [-0.2, 0) is 23.9 Å². The second kappa shape index (κ2) is 7.59. The molecule has 2 bridgehead atoms. The summed E-state index contributed by atoms with van der Waals surface area (Å²) in [5.41, 5.74) is 0.588. The minimum atomic E-state index is -0.775. The number of carbonyl (C=O) groups is 4. The highest BCUT2D eigenvalue weighted by molar-refractivity contribution is 9.12. The zero-order valence-electron chi connectivity index (χ0n) is 14.7. The van der Waals surface area contributed by atoms with Gasteiger partial charge in [0.15, 0.2) is 6.61 Å². The Hall–Kier alpha value is -1.74. The van der Waals surface area contributed by atoms with Crippen molar-refractivity contribution in [1.29, 1.82) is 0 Å². The summed E-state index contributed by atoms with van der Waals surface area (Å²) in [5.74, 6) is -2.44. The van der Waals surface area contributed by atoms with Crippen molar-refractivity contribution in [3.63, 3.8) is 0 Å². The number of alkyl halides is 2. The zero-order valence-corrected chi connectivity index (χ0v) is 17.9. The molecule has 1 saturated heterocycles. The van der Waals surface area contributed by atoms with Gasteiger partial charge in [-0.25, -0.2) is 0 Å². The van der Waals surface area contributed by atoms with E-state index in [9.17, 15) is 19.2 Å². The van der Waals surface area contributed by atoms with E-state index >= 15 is 0 Å². The van der Waals surface area contributed by atoms with Gasteiger partial charge in [-0.05, 0) is 30.4 Å². The number of nitrogens with zero attached hydrogens (tertiary/aromatic N) is 1. The smallest absolute Gasteiger partial charge is 0.326 e. The van der Waals surface area contributed by atoms with Crippen molar-refractivity contribution in [2.75, 3.05) is 18.5 Å². The van der Waals surface area contributed by atoms with E-state index in [0.717, 1.165) is 11.3 Å². The van der Waals surface area contributed by atoms with Crippen molar-refractivity contribution >= 4 is 61.2 Å². The molecule has 7 nitrogen and oxygen atoms in total. The van der Waals surface area contributed by atoms with Crippen LogP contribution in [0.15, 0.2) is 30.3 Å². The number of halogens is 2. The van der Waals surface area contributed by atoms with Gasteiger partial charge in [-0.15, -0.1) is 0 Å². The average molecular weight is 514 g/mol. The molecule has 4 rings (SSSR count). The molecule has 1 aromatic rings. The molecule has 9 heteroatoms. The Labute approximate surface area is 178 Å². The van der Waals surface area contributed by atoms with Crippen LogP contribution in [0.25, 0.3) is 0 Å². The van der Waals surface area contributed by atoms with Crippen molar-refractivity contribution in [3.8, 4) is 0 Å². The van der Waals surface area contributed by atoms with Crippen LogP contribution in [-0.4, -0.2) is 51.4 Å². The Balaban J connectivity index is 1.32. The molecule has 148 valence electrons. The third-order valence-electron chi connectivity index (χ3n) is 5.79. The highest BCUT2D eigenvalue weighted by Crippen LogP contribution is 2.60. The van der Waals surface area contributed by atoms with Gasteiger partial charge in [-0.2, -0.15) is 0 Å². The van der Waals surface area contributed by atoms with E-state index in [1.54, 1.807) is 24.3 Å². The molecule has 0 aromatic heterocycles. The summed E-state index contributed by atoms with van der Waals surface area (Å²) in [6.07, 6.45) is 0.830.